The maximum Gasteiger partial charge on any atom is 0.244 e. The van der Waals surface area contributed by atoms with Crippen LogP contribution in [-0.2, 0) is 14.4 Å². The smallest absolute Gasteiger partial charge is 0.244 e. The van der Waals surface area contributed by atoms with E-state index in [4.69, 9.17) is 23.2 Å². The number of hydrogen-bond acceptors (Lipinski definition) is 3. The zero-order valence-corrected chi connectivity index (χ0v) is 15.5. The Hall–Kier alpha value is -1.59. The Morgan fingerprint density at radius 1 is 1.20 bits per heavy atom. The van der Waals surface area contributed by atoms with Gasteiger partial charge in [-0.1, -0.05) is 48.5 Å². The average Bonchev–Trinajstić information content (AvgIpc) is 2.80. The molecule has 2 fully saturated rings. The highest BCUT2D eigenvalue weighted by Gasteiger charge is 2.51. The van der Waals surface area contributed by atoms with Crippen molar-refractivity contribution >= 4 is 46.6 Å². The number of benzene rings is 1. The van der Waals surface area contributed by atoms with Gasteiger partial charge in [-0.25, -0.2) is 0 Å². The summed E-state index contributed by atoms with van der Waals surface area (Å²) in [4.78, 5) is 38.5. The molecule has 0 bridgehead atoms. The first-order chi connectivity index (χ1) is 11.8. The summed E-state index contributed by atoms with van der Waals surface area (Å²) in [6.45, 7) is 1.49. The normalized spacial score (nSPS) is 19.6. The van der Waals surface area contributed by atoms with Gasteiger partial charge >= 0.3 is 0 Å². The number of imide groups is 1. The highest BCUT2D eigenvalue weighted by Crippen LogP contribution is 2.45. The minimum Gasteiger partial charge on any atom is -0.322 e. The van der Waals surface area contributed by atoms with Crippen molar-refractivity contribution in [1.29, 1.82) is 0 Å². The van der Waals surface area contributed by atoms with Gasteiger partial charge in [0.05, 0.1) is 21.1 Å². The van der Waals surface area contributed by atoms with E-state index in [2.05, 4.69) is 5.32 Å². The number of carbonyl (C=O) groups excluding carboxylic acids is 3. The predicted molar refractivity (Wildman–Crippen MR) is 96.7 cm³/mol. The van der Waals surface area contributed by atoms with Crippen LogP contribution in [0.15, 0.2) is 12.1 Å². The van der Waals surface area contributed by atoms with Crippen molar-refractivity contribution in [2.75, 3.05) is 11.9 Å². The maximum atomic E-state index is 12.7. The SMILES string of the molecule is Cc1ccc(Cl)c(NC(=O)CN2C(=O)CC3(CCCCC3)C2=O)c1Cl. The molecule has 3 amide bonds. The summed E-state index contributed by atoms with van der Waals surface area (Å²) in [5, 5.41) is 3.29. The minimum atomic E-state index is -0.589. The van der Waals surface area contributed by atoms with E-state index in [-0.39, 0.29) is 24.8 Å². The fourth-order valence-electron chi connectivity index (χ4n) is 3.73. The number of carbonyl (C=O) groups is 3. The van der Waals surface area contributed by atoms with Gasteiger partial charge in [-0.05, 0) is 31.4 Å². The van der Waals surface area contributed by atoms with Crippen molar-refractivity contribution in [3.63, 3.8) is 0 Å². The monoisotopic (exact) mass is 382 g/mol. The number of likely N-dealkylation sites (tertiary alicyclic amines) is 1. The summed E-state index contributed by atoms with van der Waals surface area (Å²) in [6.07, 6.45) is 4.66. The quantitative estimate of drug-likeness (QED) is 0.804. The number of halogens is 2. The third-order valence-electron chi connectivity index (χ3n) is 5.15. The second-order valence-electron chi connectivity index (χ2n) is 6.90. The summed E-state index contributed by atoms with van der Waals surface area (Å²) < 4.78 is 0. The minimum absolute atomic E-state index is 0.213. The first-order valence-electron chi connectivity index (χ1n) is 8.43. The molecule has 1 aromatic carbocycles. The summed E-state index contributed by atoms with van der Waals surface area (Å²) >= 11 is 12.3. The van der Waals surface area contributed by atoms with Crippen LogP contribution in [0.25, 0.3) is 0 Å². The van der Waals surface area contributed by atoms with Crippen LogP contribution in [0.2, 0.25) is 10.0 Å². The number of aryl methyl sites for hydroxylation is 1. The Kier molecular flexibility index (Phi) is 5.07. The van der Waals surface area contributed by atoms with Crippen molar-refractivity contribution in [3.8, 4) is 0 Å². The average molecular weight is 383 g/mol. The molecule has 0 atom stereocenters. The lowest BCUT2D eigenvalue weighted by molar-refractivity contribution is -0.144. The Bertz CT molecular complexity index is 742. The number of anilines is 1. The Labute approximate surface area is 156 Å². The molecule has 1 saturated heterocycles. The molecule has 1 N–H and O–H groups in total. The lowest BCUT2D eigenvalue weighted by atomic mass is 9.73. The lowest BCUT2D eigenvalue weighted by Gasteiger charge is -2.30. The number of nitrogens with zero attached hydrogens (tertiary/aromatic N) is 1. The molecule has 1 saturated carbocycles. The van der Waals surface area contributed by atoms with Gasteiger partial charge in [-0.3, -0.25) is 19.3 Å². The molecule has 1 aliphatic heterocycles. The third kappa shape index (κ3) is 3.40. The Morgan fingerprint density at radius 3 is 2.56 bits per heavy atom. The van der Waals surface area contributed by atoms with E-state index in [0.29, 0.717) is 15.7 Å². The number of rotatable bonds is 3. The summed E-state index contributed by atoms with van der Waals surface area (Å²) in [5.41, 5.74) is 0.490. The Morgan fingerprint density at radius 2 is 1.88 bits per heavy atom. The van der Waals surface area contributed by atoms with Gasteiger partial charge < -0.3 is 5.32 Å². The van der Waals surface area contributed by atoms with E-state index >= 15 is 0 Å². The van der Waals surface area contributed by atoms with Crippen LogP contribution in [0.3, 0.4) is 0 Å². The molecule has 134 valence electrons. The molecular weight excluding hydrogens is 363 g/mol. The van der Waals surface area contributed by atoms with Crippen molar-refractivity contribution in [2.45, 2.75) is 45.4 Å². The van der Waals surface area contributed by atoms with Crippen molar-refractivity contribution in [1.82, 2.24) is 4.90 Å². The van der Waals surface area contributed by atoms with Gasteiger partial charge in [0.15, 0.2) is 0 Å². The van der Waals surface area contributed by atoms with Crippen LogP contribution in [-0.4, -0.2) is 29.2 Å². The molecule has 1 aliphatic carbocycles. The standard InChI is InChI=1S/C18H20Cl2N2O3/c1-11-5-6-12(19)16(15(11)20)21-13(23)10-22-14(24)9-18(17(22)25)7-3-2-4-8-18/h5-6H,2-4,7-10H2,1H3,(H,21,23). The van der Waals surface area contributed by atoms with E-state index in [1.807, 2.05) is 0 Å². The van der Waals surface area contributed by atoms with Gasteiger partial charge in [0.25, 0.3) is 0 Å². The van der Waals surface area contributed by atoms with Crippen LogP contribution in [0.1, 0.15) is 44.1 Å². The predicted octanol–water partition coefficient (Wildman–Crippen LogP) is 3.95. The van der Waals surface area contributed by atoms with Crippen LogP contribution in [0.4, 0.5) is 5.69 Å². The molecule has 1 aromatic rings. The van der Waals surface area contributed by atoms with Gasteiger partial charge in [0.2, 0.25) is 17.7 Å². The zero-order valence-electron chi connectivity index (χ0n) is 14.0. The molecule has 1 spiro atoms. The van der Waals surface area contributed by atoms with Crippen LogP contribution < -0.4 is 5.32 Å². The maximum absolute atomic E-state index is 12.7. The highest BCUT2D eigenvalue weighted by atomic mass is 35.5. The van der Waals surface area contributed by atoms with Crippen molar-refractivity contribution in [2.24, 2.45) is 5.41 Å². The Balaban J connectivity index is 1.72. The van der Waals surface area contributed by atoms with E-state index in [1.54, 1.807) is 19.1 Å². The summed E-state index contributed by atoms with van der Waals surface area (Å²) in [7, 11) is 0. The zero-order chi connectivity index (χ0) is 18.2. The van der Waals surface area contributed by atoms with Crippen LogP contribution in [0.5, 0.6) is 0 Å². The molecule has 0 radical (unpaired) electrons. The molecular formula is C18H20Cl2N2O3. The molecule has 0 aromatic heterocycles. The largest absolute Gasteiger partial charge is 0.322 e. The van der Waals surface area contributed by atoms with Crippen LogP contribution >= 0.6 is 23.2 Å². The first kappa shape index (κ1) is 18.2. The number of amides is 3. The van der Waals surface area contributed by atoms with Crippen LogP contribution in [0, 0.1) is 12.3 Å². The molecule has 7 heteroatoms. The molecule has 2 aliphatic rings. The fraction of sp³-hybridized carbons (Fsp3) is 0.500. The van der Waals surface area contributed by atoms with E-state index in [9.17, 15) is 14.4 Å². The van der Waals surface area contributed by atoms with Crippen molar-refractivity contribution < 1.29 is 14.4 Å². The van der Waals surface area contributed by atoms with E-state index < -0.39 is 11.3 Å². The molecule has 0 unspecified atom stereocenters. The first-order valence-corrected chi connectivity index (χ1v) is 9.19. The fourth-order valence-corrected chi connectivity index (χ4v) is 4.20. The van der Waals surface area contributed by atoms with Crippen molar-refractivity contribution in [3.05, 3.63) is 27.7 Å². The van der Waals surface area contributed by atoms with Gasteiger partial charge in [0, 0.05) is 6.42 Å². The summed E-state index contributed by atoms with van der Waals surface area (Å²) in [5.74, 6) is -0.971. The van der Waals surface area contributed by atoms with Gasteiger partial charge in [0.1, 0.15) is 6.54 Å². The molecule has 1 heterocycles. The molecule has 3 rings (SSSR count). The highest BCUT2D eigenvalue weighted by molar-refractivity contribution is 6.40. The van der Waals surface area contributed by atoms with Gasteiger partial charge in [-0.15, -0.1) is 0 Å². The van der Waals surface area contributed by atoms with E-state index in [1.165, 1.54) is 0 Å². The second-order valence-corrected chi connectivity index (χ2v) is 7.69. The van der Waals surface area contributed by atoms with E-state index in [0.717, 1.165) is 42.6 Å². The number of nitrogens with one attached hydrogen (secondary N) is 1. The third-order valence-corrected chi connectivity index (χ3v) is 5.95. The van der Waals surface area contributed by atoms with Gasteiger partial charge in [-0.2, -0.15) is 0 Å². The molecule has 5 nitrogen and oxygen atoms in total. The molecule has 25 heavy (non-hydrogen) atoms. The summed E-state index contributed by atoms with van der Waals surface area (Å²) in [6, 6.07) is 3.39. The number of hydrogen-bond donors (Lipinski definition) is 1. The lowest BCUT2D eigenvalue weighted by Crippen LogP contribution is -2.41. The topological polar surface area (TPSA) is 66.5 Å². The second kappa shape index (κ2) is 6.96.